The topological polar surface area (TPSA) is 59.3 Å². The average molecular weight is 467 g/mol. The number of hydrogen-bond acceptors (Lipinski definition) is 7. The third kappa shape index (κ3) is 4.89. The van der Waals surface area contributed by atoms with E-state index >= 15 is 0 Å². The Morgan fingerprint density at radius 1 is 1.12 bits per heavy atom. The summed E-state index contributed by atoms with van der Waals surface area (Å²) in [6.07, 6.45) is 1.60. The van der Waals surface area contributed by atoms with Gasteiger partial charge in [0.25, 0.3) is 0 Å². The summed E-state index contributed by atoms with van der Waals surface area (Å²) in [7, 11) is 0. The van der Waals surface area contributed by atoms with Gasteiger partial charge in [0.15, 0.2) is 0 Å². The van der Waals surface area contributed by atoms with Gasteiger partial charge in [0.05, 0.1) is 17.5 Å². The molecule has 2 aliphatic heterocycles. The van der Waals surface area contributed by atoms with Crippen molar-refractivity contribution in [1.82, 2.24) is 24.6 Å². The molecular weight excluding hydrogens is 441 g/mol. The Bertz CT molecular complexity index is 1050. The van der Waals surface area contributed by atoms with Crippen molar-refractivity contribution in [2.75, 3.05) is 37.7 Å². The highest BCUT2D eigenvalue weighted by atomic mass is 32.1. The highest BCUT2D eigenvalue weighted by molar-refractivity contribution is 7.18. The number of hydrogen-bond donors (Lipinski definition) is 0. The summed E-state index contributed by atoms with van der Waals surface area (Å²) >= 11 is 1.09. The van der Waals surface area contributed by atoms with Crippen molar-refractivity contribution in [3.8, 4) is 0 Å². The van der Waals surface area contributed by atoms with Gasteiger partial charge in [0.2, 0.25) is 0 Å². The Kier molecular flexibility index (Phi) is 6.04. The number of piperazine rings is 1. The first-order valence-corrected chi connectivity index (χ1v) is 11.7. The normalized spacial score (nSPS) is 20.8. The molecule has 2 saturated heterocycles. The molecule has 3 aromatic rings. The molecule has 172 valence electrons. The highest BCUT2D eigenvalue weighted by Crippen LogP contribution is 2.34. The zero-order valence-corrected chi connectivity index (χ0v) is 18.4. The van der Waals surface area contributed by atoms with Gasteiger partial charge in [0.1, 0.15) is 23.2 Å². The van der Waals surface area contributed by atoms with E-state index in [4.69, 9.17) is 9.84 Å². The third-order valence-electron chi connectivity index (χ3n) is 5.91. The summed E-state index contributed by atoms with van der Waals surface area (Å²) in [4.78, 5) is 13.9. The van der Waals surface area contributed by atoms with Crippen molar-refractivity contribution >= 4 is 27.4 Å². The van der Waals surface area contributed by atoms with Gasteiger partial charge in [-0.05, 0) is 31.4 Å². The third-order valence-corrected chi connectivity index (χ3v) is 6.95. The lowest BCUT2D eigenvalue weighted by Gasteiger charge is -2.35. The summed E-state index contributed by atoms with van der Waals surface area (Å²) in [6.45, 7) is 4.72. The molecule has 1 atom stereocenters. The zero-order chi connectivity index (χ0) is 22.1. The Balaban J connectivity index is 1.21. The molecular formula is C21H25F3N6OS. The minimum absolute atomic E-state index is 0.0439. The van der Waals surface area contributed by atoms with Crippen molar-refractivity contribution in [2.24, 2.45) is 0 Å². The maximum Gasteiger partial charge on any atom is 0.393 e. The lowest BCUT2D eigenvalue weighted by atomic mass is 10.2. The number of alkyl halides is 3. The van der Waals surface area contributed by atoms with Crippen LogP contribution in [0.15, 0.2) is 24.7 Å². The zero-order valence-electron chi connectivity index (χ0n) is 17.6. The molecule has 11 heteroatoms. The van der Waals surface area contributed by atoms with Crippen LogP contribution < -0.4 is 4.90 Å². The molecule has 0 aromatic carbocycles. The Hall–Kier alpha value is -2.24. The molecule has 5 rings (SSSR count). The summed E-state index contributed by atoms with van der Waals surface area (Å²) < 4.78 is 46.1. The molecule has 3 aromatic heterocycles. The Morgan fingerprint density at radius 3 is 2.72 bits per heavy atom. The first kappa shape index (κ1) is 21.6. The van der Waals surface area contributed by atoms with Gasteiger partial charge in [-0.25, -0.2) is 14.6 Å². The monoisotopic (exact) mass is 466 g/mol. The Morgan fingerprint density at radius 2 is 1.97 bits per heavy atom. The van der Waals surface area contributed by atoms with E-state index in [1.807, 2.05) is 16.9 Å². The minimum atomic E-state index is -4.23. The predicted octanol–water partition coefficient (Wildman–Crippen LogP) is 4.01. The van der Waals surface area contributed by atoms with Crippen LogP contribution >= 0.6 is 11.3 Å². The molecule has 0 bridgehead atoms. The molecule has 0 aliphatic carbocycles. The van der Waals surface area contributed by atoms with Crippen LogP contribution in [-0.4, -0.2) is 63.6 Å². The minimum Gasteiger partial charge on any atom is -0.357 e. The van der Waals surface area contributed by atoms with Crippen LogP contribution in [0.2, 0.25) is 0 Å². The second-order valence-electron chi connectivity index (χ2n) is 8.29. The average Bonchev–Trinajstić information content (AvgIpc) is 3.40. The maximum absolute atomic E-state index is 12.8. The molecule has 2 fully saturated rings. The van der Waals surface area contributed by atoms with Gasteiger partial charge in [-0.1, -0.05) is 0 Å². The largest absolute Gasteiger partial charge is 0.393 e. The van der Waals surface area contributed by atoms with Crippen molar-refractivity contribution in [2.45, 2.75) is 44.6 Å². The van der Waals surface area contributed by atoms with E-state index in [0.717, 1.165) is 75.0 Å². The fourth-order valence-corrected chi connectivity index (χ4v) is 5.35. The summed E-state index contributed by atoms with van der Waals surface area (Å²) in [5.74, 6) is 0.720. The fraction of sp³-hybridized carbons (Fsp3) is 0.571. The van der Waals surface area contributed by atoms with Gasteiger partial charge in [-0.2, -0.15) is 18.3 Å². The molecule has 2 aliphatic rings. The van der Waals surface area contributed by atoms with E-state index in [0.29, 0.717) is 10.2 Å². The van der Waals surface area contributed by atoms with Crippen molar-refractivity contribution in [3.05, 3.63) is 35.2 Å². The van der Waals surface area contributed by atoms with Crippen LogP contribution in [0.1, 0.15) is 36.1 Å². The number of thiophene rings is 1. The van der Waals surface area contributed by atoms with E-state index in [1.165, 1.54) is 12.7 Å². The van der Waals surface area contributed by atoms with Crippen LogP contribution in [0.25, 0.3) is 10.2 Å². The van der Waals surface area contributed by atoms with E-state index in [2.05, 4.69) is 19.8 Å². The number of rotatable bonds is 5. The molecule has 7 nitrogen and oxygen atoms in total. The van der Waals surface area contributed by atoms with Crippen molar-refractivity contribution in [3.63, 3.8) is 0 Å². The lowest BCUT2D eigenvalue weighted by molar-refractivity contribution is -0.126. The van der Waals surface area contributed by atoms with Gasteiger partial charge >= 0.3 is 6.18 Å². The van der Waals surface area contributed by atoms with Crippen LogP contribution in [0.3, 0.4) is 0 Å². The SMILES string of the molecule is FC(F)(F)Cc1cc2c(N3CCN(Cc4ccn(C5CCCCO5)n4)CC3)ncnc2s1. The van der Waals surface area contributed by atoms with E-state index in [-0.39, 0.29) is 11.1 Å². The van der Waals surface area contributed by atoms with Crippen LogP contribution in [0.5, 0.6) is 0 Å². The summed E-state index contributed by atoms with van der Waals surface area (Å²) in [6, 6.07) is 3.64. The van der Waals surface area contributed by atoms with E-state index in [9.17, 15) is 13.2 Å². The highest BCUT2D eigenvalue weighted by Gasteiger charge is 2.29. The molecule has 0 N–H and O–H groups in total. The Labute approximate surface area is 187 Å². The predicted molar refractivity (Wildman–Crippen MR) is 116 cm³/mol. The molecule has 5 heterocycles. The lowest BCUT2D eigenvalue weighted by Crippen LogP contribution is -2.46. The number of aromatic nitrogens is 4. The van der Waals surface area contributed by atoms with Gasteiger partial charge in [-0.3, -0.25) is 4.90 Å². The number of halogens is 3. The van der Waals surface area contributed by atoms with Crippen LogP contribution in [0, 0.1) is 0 Å². The quantitative estimate of drug-likeness (QED) is 0.566. The second kappa shape index (κ2) is 8.95. The molecule has 0 amide bonds. The second-order valence-corrected chi connectivity index (χ2v) is 9.41. The van der Waals surface area contributed by atoms with Crippen molar-refractivity contribution in [1.29, 1.82) is 0 Å². The first-order chi connectivity index (χ1) is 15.4. The number of fused-ring (bicyclic) bond motifs is 1. The number of ether oxygens (including phenoxy) is 1. The van der Waals surface area contributed by atoms with Gasteiger partial charge in [0, 0.05) is 50.4 Å². The summed E-state index contributed by atoms with van der Waals surface area (Å²) in [5, 5.41) is 5.41. The number of anilines is 1. The fourth-order valence-electron chi connectivity index (χ4n) is 4.33. The van der Waals surface area contributed by atoms with Gasteiger partial charge < -0.3 is 9.64 Å². The molecule has 0 saturated carbocycles. The summed E-state index contributed by atoms with van der Waals surface area (Å²) in [5.41, 5.74) is 1.02. The van der Waals surface area contributed by atoms with E-state index < -0.39 is 12.6 Å². The standard InChI is InChI=1S/C21H25F3N6OS/c22-21(23,24)12-16-11-17-19(25-14-26-20(17)32-16)29-8-6-28(7-9-29)13-15-4-5-30(27-15)18-3-1-2-10-31-18/h4-5,11,14,18H,1-3,6-10,12-13H2. The van der Waals surface area contributed by atoms with Crippen LogP contribution in [-0.2, 0) is 17.7 Å². The number of nitrogens with zero attached hydrogens (tertiary/aromatic N) is 6. The molecule has 0 spiro atoms. The van der Waals surface area contributed by atoms with Crippen LogP contribution in [0.4, 0.5) is 19.0 Å². The maximum atomic E-state index is 12.8. The van der Waals surface area contributed by atoms with Crippen molar-refractivity contribution < 1.29 is 17.9 Å². The molecule has 1 unspecified atom stereocenters. The first-order valence-electron chi connectivity index (χ1n) is 10.9. The van der Waals surface area contributed by atoms with E-state index in [1.54, 1.807) is 6.07 Å². The smallest absolute Gasteiger partial charge is 0.357 e. The molecule has 0 radical (unpaired) electrons. The van der Waals surface area contributed by atoms with Gasteiger partial charge in [-0.15, -0.1) is 11.3 Å². The molecule has 32 heavy (non-hydrogen) atoms.